The largest absolute Gasteiger partial charge is 0.481 e. The van der Waals surface area contributed by atoms with Gasteiger partial charge in [-0.15, -0.1) is 0 Å². The SMILES string of the molecule is Cc1nc(CCC(C)C)nc(C)c1C(C)C(=O)O. The highest BCUT2D eigenvalue weighted by Gasteiger charge is 2.20. The van der Waals surface area contributed by atoms with E-state index in [4.69, 9.17) is 5.11 Å². The van der Waals surface area contributed by atoms with E-state index >= 15 is 0 Å². The van der Waals surface area contributed by atoms with Gasteiger partial charge in [-0.05, 0) is 33.1 Å². The smallest absolute Gasteiger partial charge is 0.310 e. The van der Waals surface area contributed by atoms with Gasteiger partial charge in [0, 0.05) is 23.4 Å². The van der Waals surface area contributed by atoms with Crippen molar-refractivity contribution in [1.82, 2.24) is 9.97 Å². The van der Waals surface area contributed by atoms with Gasteiger partial charge >= 0.3 is 5.97 Å². The molecule has 0 saturated carbocycles. The fourth-order valence-corrected chi connectivity index (χ4v) is 2.07. The lowest BCUT2D eigenvalue weighted by molar-refractivity contribution is -0.138. The standard InChI is InChI=1S/C14H22N2O2/c1-8(2)6-7-12-15-10(4)13(11(5)16-12)9(3)14(17)18/h8-9H,6-7H2,1-5H3,(H,17,18). The molecule has 0 fully saturated rings. The summed E-state index contributed by atoms with van der Waals surface area (Å²) in [5.74, 6) is 0.0516. The number of carboxylic acid groups (broad SMARTS) is 1. The Labute approximate surface area is 108 Å². The summed E-state index contributed by atoms with van der Waals surface area (Å²) >= 11 is 0. The van der Waals surface area contributed by atoms with Crippen molar-refractivity contribution in [3.8, 4) is 0 Å². The van der Waals surface area contributed by atoms with E-state index in [2.05, 4.69) is 23.8 Å². The first kappa shape index (κ1) is 14.6. The summed E-state index contributed by atoms with van der Waals surface area (Å²) in [7, 11) is 0. The summed E-state index contributed by atoms with van der Waals surface area (Å²) in [6, 6.07) is 0. The summed E-state index contributed by atoms with van der Waals surface area (Å²) in [5.41, 5.74) is 2.32. The Bertz CT molecular complexity index is 418. The molecule has 1 aromatic heterocycles. The van der Waals surface area contributed by atoms with Gasteiger partial charge in [0.25, 0.3) is 0 Å². The minimum Gasteiger partial charge on any atom is -0.481 e. The summed E-state index contributed by atoms with van der Waals surface area (Å²) in [6.07, 6.45) is 1.90. The van der Waals surface area contributed by atoms with Crippen LogP contribution in [0.25, 0.3) is 0 Å². The van der Waals surface area contributed by atoms with Gasteiger partial charge in [-0.3, -0.25) is 4.79 Å². The number of carbonyl (C=O) groups is 1. The molecular weight excluding hydrogens is 228 g/mol. The van der Waals surface area contributed by atoms with Crippen LogP contribution in [0.1, 0.15) is 55.9 Å². The van der Waals surface area contributed by atoms with Crippen molar-refractivity contribution in [2.45, 2.75) is 53.4 Å². The number of rotatable bonds is 5. The predicted octanol–water partition coefficient (Wildman–Crippen LogP) is 2.87. The zero-order valence-electron chi connectivity index (χ0n) is 11.8. The van der Waals surface area contributed by atoms with Gasteiger partial charge in [-0.25, -0.2) is 9.97 Å². The lowest BCUT2D eigenvalue weighted by Crippen LogP contribution is -2.14. The molecule has 4 heteroatoms. The van der Waals surface area contributed by atoms with E-state index in [-0.39, 0.29) is 0 Å². The van der Waals surface area contributed by atoms with Gasteiger partial charge in [-0.1, -0.05) is 13.8 Å². The number of aromatic nitrogens is 2. The topological polar surface area (TPSA) is 63.1 Å². The average Bonchev–Trinajstić information content (AvgIpc) is 2.25. The van der Waals surface area contributed by atoms with Crippen molar-refractivity contribution >= 4 is 5.97 Å². The van der Waals surface area contributed by atoms with Gasteiger partial charge in [0.15, 0.2) is 0 Å². The Kier molecular flexibility index (Phi) is 4.82. The second kappa shape index (κ2) is 5.94. The number of nitrogens with zero attached hydrogens (tertiary/aromatic N) is 2. The molecule has 0 aliphatic carbocycles. The van der Waals surface area contributed by atoms with Gasteiger partial charge < -0.3 is 5.11 Å². The molecule has 0 bridgehead atoms. The maximum absolute atomic E-state index is 11.0. The van der Waals surface area contributed by atoms with E-state index in [9.17, 15) is 4.79 Å². The second-order valence-corrected chi connectivity index (χ2v) is 5.22. The van der Waals surface area contributed by atoms with Crippen molar-refractivity contribution < 1.29 is 9.90 Å². The van der Waals surface area contributed by atoms with Crippen molar-refractivity contribution in [2.24, 2.45) is 5.92 Å². The molecule has 1 rings (SSSR count). The Morgan fingerprint density at radius 2 is 1.67 bits per heavy atom. The fraction of sp³-hybridized carbons (Fsp3) is 0.643. The van der Waals surface area contributed by atoms with Crippen LogP contribution in [0.4, 0.5) is 0 Å². The zero-order chi connectivity index (χ0) is 13.9. The van der Waals surface area contributed by atoms with E-state index in [0.29, 0.717) is 5.92 Å². The van der Waals surface area contributed by atoms with Crippen LogP contribution in [0.3, 0.4) is 0 Å². The number of aliphatic carboxylic acids is 1. The van der Waals surface area contributed by atoms with Crippen LogP contribution in [0.5, 0.6) is 0 Å². The maximum atomic E-state index is 11.0. The van der Waals surface area contributed by atoms with E-state index < -0.39 is 11.9 Å². The van der Waals surface area contributed by atoms with Crippen LogP contribution >= 0.6 is 0 Å². The molecule has 0 aromatic carbocycles. The van der Waals surface area contributed by atoms with Crippen LogP contribution in [-0.2, 0) is 11.2 Å². The molecule has 4 nitrogen and oxygen atoms in total. The quantitative estimate of drug-likeness (QED) is 0.872. The molecule has 0 amide bonds. The molecule has 100 valence electrons. The highest BCUT2D eigenvalue weighted by Crippen LogP contribution is 2.22. The third kappa shape index (κ3) is 3.52. The summed E-state index contributed by atoms with van der Waals surface area (Å²) in [4.78, 5) is 19.9. The first-order valence-corrected chi connectivity index (χ1v) is 6.39. The Morgan fingerprint density at radius 3 is 2.06 bits per heavy atom. The predicted molar refractivity (Wildman–Crippen MR) is 70.7 cm³/mol. The van der Waals surface area contributed by atoms with Crippen molar-refractivity contribution in [1.29, 1.82) is 0 Å². The first-order chi connectivity index (χ1) is 8.32. The molecule has 0 aliphatic rings. The van der Waals surface area contributed by atoms with Gasteiger partial charge in [-0.2, -0.15) is 0 Å². The van der Waals surface area contributed by atoms with Crippen molar-refractivity contribution in [3.05, 3.63) is 22.8 Å². The number of hydrogen-bond donors (Lipinski definition) is 1. The lowest BCUT2D eigenvalue weighted by atomic mass is 9.98. The Balaban J connectivity index is 3.01. The number of hydrogen-bond acceptors (Lipinski definition) is 3. The highest BCUT2D eigenvalue weighted by molar-refractivity contribution is 5.76. The summed E-state index contributed by atoms with van der Waals surface area (Å²) in [6.45, 7) is 9.74. The van der Waals surface area contributed by atoms with E-state index in [0.717, 1.165) is 35.6 Å². The Hall–Kier alpha value is -1.45. The molecule has 0 radical (unpaired) electrons. The molecule has 1 N–H and O–H groups in total. The lowest BCUT2D eigenvalue weighted by Gasteiger charge is -2.14. The van der Waals surface area contributed by atoms with Crippen molar-refractivity contribution in [2.75, 3.05) is 0 Å². The van der Waals surface area contributed by atoms with Gasteiger partial charge in [0.1, 0.15) is 5.82 Å². The zero-order valence-corrected chi connectivity index (χ0v) is 11.8. The van der Waals surface area contributed by atoms with Crippen LogP contribution in [0.2, 0.25) is 0 Å². The summed E-state index contributed by atoms with van der Waals surface area (Å²) in [5, 5.41) is 9.07. The van der Waals surface area contributed by atoms with E-state index in [1.807, 2.05) is 13.8 Å². The molecule has 1 atom stereocenters. The minimum absolute atomic E-state index is 0.552. The summed E-state index contributed by atoms with van der Waals surface area (Å²) < 4.78 is 0. The van der Waals surface area contributed by atoms with Gasteiger partial charge in [0.2, 0.25) is 0 Å². The third-order valence-electron chi connectivity index (χ3n) is 3.12. The van der Waals surface area contributed by atoms with Crippen LogP contribution in [0, 0.1) is 19.8 Å². The monoisotopic (exact) mass is 250 g/mol. The first-order valence-electron chi connectivity index (χ1n) is 6.39. The second-order valence-electron chi connectivity index (χ2n) is 5.22. The fourth-order valence-electron chi connectivity index (χ4n) is 2.07. The van der Waals surface area contributed by atoms with Crippen molar-refractivity contribution in [3.63, 3.8) is 0 Å². The van der Waals surface area contributed by atoms with Gasteiger partial charge in [0.05, 0.1) is 5.92 Å². The highest BCUT2D eigenvalue weighted by atomic mass is 16.4. The number of carboxylic acids is 1. The molecule has 1 unspecified atom stereocenters. The maximum Gasteiger partial charge on any atom is 0.310 e. The molecule has 0 aliphatic heterocycles. The molecular formula is C14H22N2O2. The molecule has 18 heavy (non-hydrogen) atoms. The number of aryl methyl sites for hydroxylation is 3. The third-order valence-corrected chi connectivity index (χ3v) is 3.12. The molecule has 1 aromatic rings. The van der Waals surface area contributed by atoms with Crippen LogP contribution in [0.15, 0.2) is 0 Å². The normalized spacial score (nSPS) is 12.8. The Morgan fingerprint density at radius 1 is 1.17 bits per heavy atom. The molecule has 0 spiro atoms. The van der Waals surface area contributed by atoms with E-state index in [1.165, 1.54) is 0 Å². The minimum atomic E-state index is -0.834. The molecule has 1 heterocycles. The van der Waals surface area contributed by atoms with E-state index in [1.54, 1.807) is 6.92 Å². The average molecular weight is 250 g/mol. The van der Waals surface area contributed by atoms with Crippen LogP contribution < -0.4 is 0 Å². The van der Waals surface area contributed by atoms with Crippen LogP contribution in [-0.4, -0.2) is 21.0 Å². The molecule has 0 saturated heterocycles.